The highest BCUT2D eigenvalue weighted by atomic mass is 35.5. The maximum Gasteiger partial charge on any atom is 0.263 e. The highest BCUT2D eigenvalue weighted by Crippen LogP contribution is 2.34. The number of rotatable bonds is 3. The lowest BCUT2D eigenvalue weighted by Gasteiger charge is -2.01. The van der Waals surface area contributed by atoms with Crippen LogP contribution in [0.1, 0.15) is 5.76 Å². The Balaban J connectivity index is 1.89. The Hall–Kier alpha value is -2.38. The van der Waals surface area contributed by atoms with Gasteiger partial charge in [-0.2, -0.15) is 5.10 Å². The number of anilines is 1. The third-order valence-electron chi connectivity index (χ3n) is 2.61. The number of nitrogens with two attached hydrogens (primary N) is 1. The van der Waals surface area contributed by atoms with Gasteiger partial charge in [-0.15, -0.1) is 0 Å². The molecule has 0 unspecified atom stereocenters. The van der Waals surface area contributed by atoms with E-state index in [1.165, 1.54) is 6.21 Å². The van der Waals surface area contributed by atoms with Crippen molar-refractivity contribution in [2.75, 3.05) is 5.73 Å². The van der Waals surface area contributed by atoms with Gasteiger partial charge in [0.25, 0.3) is 5.95 Å². The molecule has 3 aromatic rings. The van der Waals surface area contributed by atoms with Crippen LogP contribution in [-0.2, 0) is 0 Å². The summed E-state index contributed by atoms with van der Waals surface area (Å²) >= 11 is 12.1. The van der Waals surface area contributed by atoms with Crippen molar-refractivity contribution < 1.29 is 4.42 Å². The molecule has 0 saturated carbocycles. The first-order chi connectivity index (χ1) is 10.1. The van der Waals surface area contributed by atoms with E-state index in [2.05, 4.69) is 20.6 Å². The first-order valence-electron chi connectivity index (χ1n) is 5.77. The van der Waals surface area contributed by atoms with Gasteiger partial charge in [-0.05, 0) is 34.7 Å². The molecule has 0 aliphatic carbocycles. The molecule has 0 saturated heterocycles. The molecule has 0 spiro atoms. The molecule has 3 rings (SSSR count). The lowest BCUT2D eigenvalue weighted by molar-refractivity contribution is 0.573. The number of hydrogen-bond donors (Lipinski definition) is 1. The Kier molecular flexibility index (Phi) is 3.59. The second-order valence-electron chi connectivity index (χ2n) is 3.97. The van der Waals surface area contributed by atoms with E-state index in [1.54, 1.807) is 24.3 Å². The third-order valence-corrected chi connectivity index (χ3v) is 3.43. The topological polar surface area (TPSA) is 95.1 Å². The number of nitrogens with zero attached hydrogens (tertiary/aromatic N) is 5. The smallest absolute Gasteiger partial charge is 0.263 e. The van der Waals surface area contributed by atoms with Crippen LogP contribution in [0.3, 0.4) is 0 Å². The van der Waals surface area contributed by atoms with Crippen molar-refractivity contribution in [2.24, 2.45) is 5.10 Å². The summed E-state index contributed by atoms with van der Waals surface area (Å²) in [5.41, 5.74) is 6.19. The van der Waals surface area contributed by atoms with Crippen molar-refractivity contribution >= 4 is 35.4 Å². The summed E-state index contributed by atoms with van der Waals surface area (Å²) in [6.07, 6.45) is 1.44. The van der Waals surface area contributed by atoms with Gasteiger partial charge in [0.1, 0.15) is 11.5 Å². The Morgan fingerprint density at radius 1 is 1.24 bits per heavy atom. The van der Waals surface area contributed by atoms with Crippen LogP contribution in [0.5, 0.6) is 0 Å². The lowest BCUT2D eigenvalue weighted by Crippen LogP contribution is -1.99. The zero-order chi connectivity index (χ0) is 14.8. The quantitative estimate of drug-likeness (QED) is 0.748. The van der Waals surface area contributed by atoms with Crippen LogP contribution in [0.4, 0.5) is 5.95 Å². The van der Waals surface area contributed by atoms with Crippen LogP contribution in [0, 0.1) is 0 Å². The van der Waals surface area contributed by atoms with Gasteiger partial charge in [-0.1, -0.05) is 39.2 Å². The number of benzene rings is 1. The molecule has 106 valence electrons. The summed E-state index contributed by atoms with van der Waals surface area (Å²) < 4.78 is 5.63. The van der Waals surface area contributed by atoms with Gasteiger partial charge in [0, 0.05) is 5.56 Å². The molecule has 0 aliphatic rings. The van der Waals surface area contributed by atoms with Gasteiger partial charge < -0.3 is 10.2 Å². The van der Waals surface area contributed by atoms with Crippen molar-refractivity contribution in [3.05, 3.63) is 46.1 Å². The molecule has 2 heterocycles. The first kappa shape index (κ1) is 13.6. The Labute approximate surface area is 129 Å². The fraction of sp³-hybridized carbons (Fsp3) is 0. The molecule has 0 amide bonds. The Morgan fingerprint density at radius 2 is 2.10 bits per heavy atom. The SMILES string of the molecule is Nc1nnnn1N=Cc1ccc(-c2cccc(Cl)c2Cl)o1. The number of tetrazole rings is 1. The molecule has 0 radical (unpaired) electrons. The second kappa shape index (κ2) is 5.55. The minimum Gasteiger partial charge on any atom is -0.455 e. The van der Waals surface area contributed by atoms with Gasteiger partial charge in [-0.25, -0.2) is 0 Å². The minimum atomic E-state index is 0.0796. The predicted molar refractivity (Wildman–Crippen MR) is 79.4 cm³/mol. The van der Waals surface area contributed by atoms with Gasteiger partial charge in [-0.3, -0.25) is 0 Å². The maximum absolute atomic E-state index is 6.14. The zero-order valence-corrected chi connectivity index (χ0v) is 12.0. The van der Waals surface area contributed by atoms with E-state index in [0.29, 0.717) is 27.1 Å². The molecule has 0 bridgehead atoms. The summed E-state index contributed by atoms with van der Waals surface area (Å²) in [5.74, 6) is 1.15. The number of furan rings is 1. The van der Waals surface area contributed by atoms with Crippen LogP contribution in [-0.4, -0.2) is 26.5 Å². The van der Waals surface area contributed by atoms with Crippen LogP contribution in [0.15, 0.2) is 39.9 Å². The Bertz CT molecular complexity index is 810. The number of halogens is 2. The highest BCUT2D eigenvalue weighted by Gasteiger charge is 2.10. The minimum absolute atomic E-state index is 0.0796. The van der Waals surface area contributed by atoms with Gasteiger partial charge in [0.2, 0.25) is 0 Å². The molecule has 0 atom stereocenters. The molecule has 21 heavy (non-hydrogen) atoms. The number of hydrogen-bond acceptors (Lipinski definition) is 6. The first-order valence-corrected chi connectivity index (χ1v) is 6.53. The average Bonchev–Trinajstić information content (AvgIpc) is 3.09. The molecular formula is C12H8Cl2N6O. The molecule has 2 N–H and O–H groups in total. The van der Waals surface area contributed by atoms with Crippen molar-refractivity contribution in [1.29, 1.82) is 0 Å². The van der Waals surface area contributed by atoms with Crippen LogP contribution < -0.4 is 5.73 Å². The van der Waals surface area contributed by atoms with E-state index in [0.717, 1.165) is 4.79 Å². The third kappa shape index (κ3) is 2.74. The largest absolute Gasteiger partial charge is 0.455 e. The van der Waals surface area contributed by atoms with Crippen LogP contribution in [0.25, 0.3) is 11.3 Å². The zero-order valence-electron chi connectivity index (χ0n) is 10.4. The molecule has 7 nitrogen and oxygen atoms in total. The standard InChI is InChI=1S/C12H8Cl2N6O/c13-9-3-1-2-8(11(9)14)10-5-4-7(21-10)6-16-20-12(15)17-18-19-20/h1-6H,(H2,15,17,19). The van der Waals surface area contributed by atoms with E-state index in [1.807, 2.05) is 6.07 Å². The number of nitrogen functional groups attached to an aromatic ring is 1. The molecule has 0 aliphatic heterocycles. The van der Waals surface area contributed by atoms with E-state index in [4.69, 9.17) is 33.4 Å². The fourth-order valence-corrected chi connectivity index (χ4v) is 2.04. The van der Waals surface area contributed by atoms with E-state index in [-0.39, 0.29) is 5.95 Å². The van der Waals surface area contributed by atoms with Gasteiger partial charge >= 0.3 is 0 Å². The fourth-order valence-electron chi connectivity index (χ4n) is 1.64. The van der Waals surface area contributed by atoms with Crippen molar-refractivity contribution in [2.45, 2.75) is 0 Å². The summed E-state index contributed by atoms with van der Waals surface area (Å²) in [5, 5.41) is 15.3. The van der Waals surface area contributed by atoms with Gasteiger partial charge in [0.15, 0.2) is 0 Å². The summed E-state index contributed by atoms with van der Waals surface area (Å²) in [7, 11) is 0. The van der Waals surface area contributed by atoms with E-state index < -0.39 is 0 Å². The van der Waals surface area contributed by atoms with Crippen molar-refractivity contribution in [3.8, 4) is 11.3 Å². The molecule has 0 fully saturated rings. The van der Waals surface area contributed by atoms with Crippen LogP contribution in [0.2, 0.25) is 10.0 Å². The maximum atomic E-state index is 6.14. The average molecular weight is 323 g/mol. The molecule has 2 aromatic heterocycles. The van der Waals surface area contributed by atoms with E-state index in [9.17, 15) is 0 Å². The van der Waals surface area contributed by atoms with Crippen LogP contribution >= 0.6 is 23.2 Å². The summed E-state index contributed by atoms with van der Waals surface area (Å²) in [6, 6.07) is 8.81. The molecular weight excluding hydrogens is 315 g/mol. The number of aromatic nitrogens is 4. The van der Waals surface area contributed by atoms with Crippen molar-refractivity contribution in [3.63, 3.8) is 0 Å². The Morgan fingerprint density at radius 3 is 2.86 bits per heavy atom. The normalized spacial score (nSPS) is 11.3. The lowest BCUT2D eigenvalue weighted by atomic mass is 10.2. The molecule has 1 aromatic carbocycles. The second-order valence-corrected chi connectivity index (χ2v) is 4.76. The summed E-state index contributed by atoms with van der Waals surface area (Å²) in [6.45, 7) is 0. The predicted octanol–water partition coefficient (Wildman–Crippen LogP) is 2.70. The summed E-state index contributed by atoms with van der Waals surface area (Å²) in [4.78, 5) is 1.08. The highest BCUT2D eigenvalue weighted by molar-refractivity contribution is 6.43. The monoisotopic (exact) mass is 322 g/mol. The van der Waals surface area contributed by atoms with Gasteiger partial charge in [0.05, 0.1) is 16.3 Å². The van der Waals surface area contributed by atoms with E-state index >= 15 is 0 Å². The van der Waals surface area contributed by atoms with Crippen molar-refractivity contribution in [1.82, 2.24) is 20.3 Å². The molecule has 9 heteroatoms.